The Morgan fingerprint density at radius 1 is 0.875 bits per heavy atom. The number of rotatable bonds is 4. The van der Waals surface area contributed by atoms with Gasteiger partial charge in [0, 0.05) is 18.7 Å². The highest BCUT2D eigenvalue weighted by Gasteiger charge is 2.36. The van der Waals surface area contributed by atoms with E-state index in [1.807, 2.05) is 13.8 Å². The van der Waals surface area contributed by atoms with Gasteiger partial charge in [-0.1, -0.05) is 12.1 Å². The Kier molecular flexibility index (Phi) is 4.16. The van der Waals surface area contributed by atoms with Crippen LogP contribution >= 0.6 is 0 Å². The van der Waals surface area contributed by atoms with Crippen LogP contribution in [0.4, 0.5) is 5.69 Å². The maximum absolute atomic E-state index is 12.5. The average Bonchev–Trinajstić information content (AvgIpc) is 2.87. The zero-order chi connectivity index (χ0) is 17.3. The summed E-state index contributed by atoms with van der Waals surface area (Å²) >= 11 is 0. The summed E-state index contributed by atoms with van der Waals surface area (Å²) in [5, 5.41) is 0. The van der Waals surface area contributed by atoms with Crippen LogP contribution in [0.2, 0.25) is 0 Å². The summed E-state index contributed by atoms with van der Waals surface area (Å²) in [6, 6.07) is 13.3. The second kappa shape index (κ2) is 6.28. The van der Waals surface area contributed by atoms with Crippen molar-refractivity contribution < 1.29 is 14.4 Å². The lowest BCUT2D eigenvalue weighted by Crippen LogP contribution is -2.31. The fourth-order valence-corrected chi connectivity index (χ4v) is 2.87. The lowest BCUT2D eigenvalue weighted by Gasteiger charge is -2.19. The molecule has 122 valence electrons. The summed E-state index contributed by atoms with van der Waals surface area (Å²) in [5.41, 5.74) is 1.83. The molecule has 0 fully saturated rings. The average molecular weight is 322 g/mol. The summed E-state index contributed by atoms with van der Waals surface area (Å²) in [7, 11) is 0. The van der Waals surface area contributed by atoms with Gasteiger partial charge in [-0.25, -0.2) is 4.90 Å². The Labute approximate surface area is 140 Å². The van der Waals surface area contributed by atoms with E-state index in [9.17, 15) is 14.4 Å². The molecule has 1 aliphatic heterocycles. The largest absolute Gasteiger partial charge is 0.339 e. The van der Waals surface area contributed by atoms with Crippen molar-refractivity contribution in [1.29, 1.82) is 0 Å². The molecule has 3 amide bonds. The van der Waals surface area contributed by atoms with Gasteiger partial charge in [0.15, 0.2) is 0 Å². The van der Waals surface area contributed by atoms with E-state index in [0.717, 1.165) is 4.90 Å². The first kappa shape index (κ1) is 15.9. The molecule has 0 unspecified atom stereocenters. The molecule has 0 saturated carbocycles. The molecule has 3 rings (SSSR count). The number of amides is 3. The number of fused-ring (bicyclic) bond motifs is 1. The molecule has 0 radical (unpaired) electrons. The van der Waals surface area contributed by atoms with Crippen molar-refractivity contribution in [3.63, 3.8) is 0 Å². The number of imide groups is 1. The molecule has 0 spiro atoms. The van der Waals surface area contributed by atoms with E-state index in [0.29, 0.717) is 35.5 Å². The Bertz CT molecular complexity index is 773. The van der Waals surface area contributed by atoms with E-state index in [1.54, 1.807) is 53.4 Å². The van der Waals surface area contributed by atoms with Crippen molar-refractivity contribution in [1.82, 2.24) is 4.90 Å². The maximum atomic E-state index is 12.5. The maximum Gasteiger partial charge on any atom is 0.266 e. The summed E-state index contributed by atoms with van der Waals surface area (Å²) in [4.78, 5) is 40.1. The first-order chi connectivity index (χ1) is 11.6. The Morgan fingerprint density at radius 3 is 1.83 bits per heavy atom. The van der Waals surface area contributed by atoms with E-state index >= 15 is 0 Å². The lowest BCUT2D eigenvalue weighted by atomic mass is 10.1. The van der Waals surface area contributed by atoms with Crippen LogP contribution < -0.4 is 4.90 Å². The van der Waals surface area contributed by atoms with Gasteiger partial charge in [-0.15, -0.1) is 0 Å². The van der Waals surface area contributed by atoms with Gasteiger partial charge in [0.25, 0.3) is 17.7 Å². The molecule has 2 aromatic rings. The summed E-state index contributed by atoms with van der Waals surface area (Å²) in [6.45, 7) is 5.12. The van der Waals surface area contributed by atoms with Crippen molar-refractivity contribution in [2.24, 2.45) is 0 Å². The van der Waals surface area contributed by atoms with Crippen molar-refractivity contribution in [3.05, 3.63) is 65.2 Å². The van der Waals surface area contributed by atoms with Gasteiger partial charge in [-0.3, -0.25) is 14.4 Å². The highest BCUT2D eigenvalue weighted by molar-refractivity contribution is 6.34. The minimum atomic E-state index is -0.335. The van der Waals surface area contributed by atoms with E-state index in [2.05, 4.69) is 0 Å². The first-order valence-corrected chi connectivity index (χ1v) is 7.95. The molecular formula is C19H18N2O3. The second-order valence-electron chi connectivity index (χ2n) is 5.52. The number of anilines is 1. The Morgan fingerprint density at radius 2 is 1.38 bits per heavy atom. The van der Waals surface area contributed by atoms with E-state index in [-0.39, 0.29) is 17.7 Å². The molecule has 0 aromatic heterocycles. The van der Waals surface area contributed by atoms with E-state index < -0.39 is 0 Å². The van der Waals surface area contributed by atoms with Crippen molar-refractivity contribution in [2.45, 2.75) is 13.8 Å². The molecule has 1 heterocycles. The Balaban J connectivity index is 1.89. The van der Waals surface area contributed by atoms with Crippen LogP contribution in [-0.2, 0) is 0 Å². The summed E-state index contributed by atoms with van der Waals surface area (Å²) in [5.74, 6) is -0.731. The fraction of sp³-hybridized carbons (Fsp3) is 0.211. The van der Waals surface area contributed by atoms with Crippen LogP contribution in [0.5, 0.6) is 0 Å². The molecule has 5 nitrogen and oxygen atoms in total. The molecular weight excluding hydrogens is 304 g/mol. The predicted octanol–water partition coefficient (Wildman–Crippen LogP) is 2.97. The summed E-state index contributed by atoms with van der Waals surface area (Å²) in [6.07, 6.45) is 0. The molecule has 0 aliphatic carbocycles. The number of carbonyl (C=O) groups is 3. The van der Waals surface area contributed by atoms with Gasteiger partial charge in [0.2, 0.25) is 0 Å². The van der Waals surface area contributed by atoms with Gasteiger partial charge >= 0.3 is 0 Å². The highest BCUT2D eigenvalue weighted by Crippen LogP contribution is 2.28. The zero-order valence-corrected chi connectivity index (χ0v) is 13.7. The van der Waals surface area contributed by atoms with Crippen LogP contribution in [0.15, 0.2) is 48.5 Å². The molecule has 2 aromatic carbocycles. The number of hydrogen-bond donors (Lipinski definition) is 0. The van der Waals surface area contributed by atoms with Gasteiger partial charge < -0.3 is 4.90 Å². The highest BCUT2D eigenvalue weighted by atomic mass is 16.2. The summed E-state index contributed by atoms with van der Waals surface area (Å²) < 4.78 is 0. The van der Waals surface area contributed by atoms with Crippen LogP contribution in [0.3, 0.4) is 0 Å². The number of hydrogen-bond acceptors (Lipinski definition) is 3. The second-order valence-corrected chi connectivity index (χ2v) is 5.52. The fourth-order valence-electron chi connectivity index (χ4n) is 2.87. The molecule has 0 N–H and O–H groups in total. The van der Waals surface area contributed by atoms with Crippen molar-refractivity contribution in [2.75, 3.05) is 18.0 Å². The van der Waals surface area contributed by atoms with E-state index in [4.69, 9.17) is 0 Å². The minimum Gasteiger partial charge on any atom is -0.339 e. The van der Waals surface area contributed by atoms with Gasteiger partial charge in [-0.05, 0) is 50.2 Å². The minimum absolute atomic E-state index is 0.0612. The molecule has 5 heteroatoms. The molecule has 1 aliphatic rings. The molecule has 0 saturated heterocycles. The lowest BCUT2D eigenvalue weighted by molar-refractivity contribution is 0.0772. The monoisotopic (exact) mass is 322 g/mol. The van der Waals surface area contributed by atoms with E-state index in [1.165, 1.54) is 0 Å². The third-order valence-corrected chi connectivity index (χ3v) is 4.22. The zero-order valence-electron chi connectivity index (χ0n) is 13.7. The number of carbonyl (C=O) groups excluding carboxylic acids is 3. The van der Waals surface area contributed by atoms with Crippen LogP contribution in [-0.4, -0.2) is 35.7 Å². The van der Waals surface area contributed by atoms with Gasteiger partial charge in [0.05, 0.1) is 16.8 Å². The number of nitrogens with zero attached hydrogens (tertiary/aromatic N) is 2. The van der Waals surface area contributed by atoms with Gasteiger partial charge in [0.1, 0.15) is 0 Å². The molecule has 0 atom stereocenters. The van der Waals surface area contributed by atoms with Crippen molar-refractivity contribution >= 4 is 23.4 Å². The van der Waals surface area contributed by atoms with Crippen LogP contribution in [0.25, 0.3) is 0 Å². The first-order valence-electron chi connectivity index (χ1n) is 7.95. The quantitative estimate of drug-likeness (QED) is 0.813. The smallest absolute Gasteiger partial charge is 0.266 e. The third-order valence-electron chi connectivity index (χ3n) is 4.22. The molecule has 0 bridgehead atoms. The third kappa shape index (κ3) is 2.48. The Hall–Kier alpha value is -2.95. The van der Waals surface area contributed by atoms with Crippen LogP contribution in [0, 0.1) is 0 Å². The molecule has 24 heavy (non-hydrogen) atoms. The van der Waals surface area contributed by atoms with Crippen LogP contribution in [0.1, 0.15) is 44.9 Å². The topological polar surface area (TPSA) is 57.7 Å². The normalized spacial score (nSPS) is 13.2. The standard InChI is InChI=1S/C19H18N2O3/c1-3-20(4-2)17(22)13-9-11-14(12-10-13)21-18(23)15-7-5-6-8-16(15)19(21)24/h5-12H,3-4H2,1-2H3. The number of benzene rings is 2. The SMILES string of the molecule is CCN(CC)C(=O)c1ccc(N2C(=O)c3ccccc3C2=O)cc1. The van der Waals surface area contributed by atoms with Gasteiger partial charge in [-0.2, -0.15) is 0 Å². The predicted molar refractivity (Wildman–Crippen MR) is 91.3 cm³/mol. The van der Waals surface area contributed by atoms with Crippen molar-refractivity contribution in [3.8, 4) is 0 Å².